The fraction of sp³-hybridized carbons (Fsp3) is 0.130. The molecule has 31 heavy (non-hydrogen) atoms. The molecule has 5 N–H and O–H groups in total. The summed E-state index contributed by atoms with van der Waals surface area (Å²) in [4.78, 5) is 28.0. The first-order chi connectivity index (χ1) is 14.9. The molecule has 1 aromatic heterocycles. The van der Waals surface area contributed by atoms with Gasteiger partial charge >= 0.3 is 0 Å². The molecule has 0 radical (unpaired) electrons. The van der Waals surface area contributed by atoms with Gasteiger partial charge in [-0.15, -0.1) is 0 Å². The number of primary amides is 1. The fourth-order valence-corrected chi connectivity index (χ4v) is 3.88. The van der Waals surface area contributed by atoms with Crippen LogP contribution in [-0.2, 0) is 0 Å². The number of benzene rings is 3. The number of hydrogen-bond acceptors (Lipinski definition) is 3. The van der Waals surface area contributed by atoms with E-state index >= 15 is 0 Å². The van der Waals surface area contributed by atoms with Gasteiger partial charge in [0.15, 0.2) is 0 Å². The van der Waals surface area contributed by atoms with E-state index in [-0.39, 0.29) is 5.91 Å². The molecule has 2 amide bonds. The van der Waals surface area contributed by atoms with Crippen LogP contribution in [0.4, 0.5) is 0 Å². The van der Waals surface area contributed by atoms with Crippen LogP contribution in [0.1, 0.15) is 20.7 Å². The number of nitrogens with one attached hydrogen (secondary N) is 3. The van der Waals surface area contributed by atoms with Crippen molar-refractivity contribution in [3.05, 3.63) is 69.7 Å². The van der Waals surface area contributed by atoms with Gasteiger partial charge in [0.25, 0.3) is 11.8 Å². The lowest BCUT2D eigenvalue weighted by molar-refractivity contribution is 0.0953. The summed E-state index contributed by atoms with van der Waals surface area (Å²) in [5, 5.41) is 8.33. The predicted octanol–water partition coefficient (Wildman–Crippen LogP) is 4.34. The molecule has 0 saturated carbocycles. The standard InChI is InChI=1S/C23H20Cl2N4O2/c1-27-6-7-28-23(31)13-3-5-20-15(8-13)16-9-14(10-17(22(26)30)21(16)29-20)12-2-4-18(24)19(25)11-12/h2-5,8-11,27,29H,6-7H2,1H3,(H2,26,30)(H,28,31). The van der Waals surface area contributed by atoms with Crippen molar-refractivity contribution in [1.29, 1.82) is 0 Å². The Morgan fingerprint density at radius 3 is 2.45 bits per heavy atom. The van der Waals surface area contributed by atoms with Crippen LogP contribution >= 0.6 is 23.2 Å². The maximum atomic E-state index is 12.5. The van der Waals surface area contributed by atoms with Crippen LogP contribution < -0.4 is 16.4 Å². The summed E-state index contributed by atoms with van der Waals surface area (Å²) < 4.78 is 0. The lowest BCUT2D eigenvalue weighted by Crippen LogP contribution is -2.30. The summed E-state index contributed by atoms with van der Waals surface area (Å²) >= 11 is 12.2. The van der Waals surface area contributed by atoms with Crippen molar-refractivity contribution in [2.45, 2.75) is 0 Å². The minimum atomic E-state index is -0.552. The molecule has 0 atom stereocenters. The summed E-state index contributed by atoms with van der Waals surface area (Å²) in [5.74, 6) is -0.717. The largest absolute Gasteiger partial charge is 0.366 e. The number of hydrogen-bond donors (Lipinski definition) is 4. The van der Waals surface area contributed by atoms with Crippen LogP contribution in [0.25, 0.3) is 32.9 Å². The minimum Gasteiger partial charge on any atom is -0.366 e. The number of halogens is 2. The first kappa shape index (κ1) is 21.2. The van der Waals surface area contributed by atoms with Gasteiger partial charge in [-0.2, -0.15) is 0 Å². The Bertz CT molecular complexity index is 1330. The average molecular weight is 455 g/mol. The molecule has 3 aromatic carbocycles. The maximum Gasteiger partial charge on any atom is 0.251 e. The van der Waals surface area contributed by atoms with E-state index in [0.29, 0.717) is 39.8 Å². The average Bonchev–Trinajstić information content (AvgIpc) is 3.12. The monoisotopic (exact) mass is 454 g/mol. The third-order valence-corrected chi connectivity index (χ3v) is 5.89. The molecule has 158 valence electrons. The van der Waals surface area contributed by atoms with Crippen molar-refractivity contribution in [3.63, 3.8) is 0 Å². The number of rotatable bonds is 6. The predicted molar refractivity (Wildman–Crippen MR) is 126 cm³/mol. The Morgan fingerprint density at radius 1 is 0.935 bits per heavy atom. The summed E-state index contributed by atoms with van der Waals surface area (Å²) in [7, 11) is 1.83. The maximum absolute atomic E-state index is 12.5. The van der Waals surface area contributed by atoms with Crippen molar-refractivity contribution >= 4 is 56.8 Å². The van der Waals surface area contributed by atoms with Gasteiger partial charge < -0.3 is 21.4 Å². The number of H-pyrrole nitrogens is 1. The van der Waals surface area contributed by atoms with Crippen molar-refractivity contribution < 1.29 is 9.59 Å². The highest BCUT2D eigenvalue weighted by molar-refractivity contribution is 6.42. The van der Waals surface area contributed by atoms with Crippen molar-refractivity contribution in [1.82, 2.24) is 15.6 Å². The van der Waals surface area contributed by atoms with Crippen LogP contribution in [0.2, 0.25) is 10.0 Å². The Morgan fingerprint density at radius 2 is 1.74 bits per heavy atom. The molecule has 0 spiro atoms. The van der Waals surface area contributed by atoms with Gasteiger partial charge in [0.05, 0.1) is 21.1 Å². The SMILES string of the molecule is CNCCNC(=O)c1ccc2[nH]c3c(C(N)=O)cc(-c4ccc(Cl)c(Cl)c4)cc3c2c1. The molecular weight excluding hydrogens is 435 g/mol. The van der Waals surface area contributed by atoms with Gasteiger partial charge in [-0.1, -0.05) is 29.3 Å². The number of aromatic nitrogens is 1. The molecule has 4 rings (SSSR count). The third-order valence-electron chi connectivity index (χ3n) is 5.15. The Labute approximate surface area is 188 Å². The third kappa shape index (κ3) is 4.10. The van der Waals surface area contributed by atoms with Gasteiger partial charge in [0.1, 0.15) is 0 Å². The van der Waals surface area contributed by atoms with E-state index in [2.05, 4.69) is 15.6 Å². The zero-order valence-electron chi connectivity index (χ0n) is 16.7. The molecule has 0 aliphatic carbocycles. The Hall–Kier alpha value is -3.06. The van der Waals surface area contributed by atoms with E-state index in [4.69, 9.17) is 28.9 Å². The number of likely N-dealkylation sites (N-methyl/N-ethyl adjacent to an activating group) is 1. The van der Waals surface area contributed by atoms with Gasteiger partial charge in [0, 0.05) is 34.9 Å². The quantitative estimate of drug-likeness (QED) is 0.326. The molecule has 0 saturated heterocycles. The molecule has 0 unspecified atom stereocenters. The van der Waals surface area contributed by atoms with Crippen LogP contribution in [0, 0.1) is 0 Å². The van der Waals surface area contributed by atoms with Crippen molar-refractivity contribution in [3.8, 4) is 11.1 Å². The van der Waals surface area contributed by atoms with E-state index in [9.17, 15) is 9.59 Å². The zero-order chi connectivity index (χ0) is 22.1. The molecule has 0 aliphatic heterocycles. The summed E-state index contributed by atoms with van der Waals surface area (Å²) in [5.41, 5.74) is 9.56. The second-order valence-electron chi connectivity index (χ2n) is 7.18. The first-order valence-corrected chi connectivity index (χ1v) is 10.4. The Kier molecular flexibility index (Phi) is 5.87. The van der Waals surface area contributed by atoms with E-state index in [1.807, 2.05) is 31.3 Å². The number of nitrogens with two attached hydrogens (primary N) is 1. The van der Waals surface area contributed by atoms with Gasteiger partial charge in [0.2, 0.25) is 0 Å². The lowest BCUT2D eigenvalue weighted by atomic mass is 9.98. The van der Waals surface area contributed by atoms with Crippen LogP contribution in [0.3, 0.4) is 0 Å². The zero-order valence-corrected chi connectivity index (χ0v) is 18.2. The van der Waals surface area contributed by atoms with E-state index in [1.54, 1.807) is 24.3 Å². The normalized spacial score (nSPS) is 11.2. The second kappa shape index (κ2) is 8.59. The highest BCUT2D eigenvalue weighted by Gasteiger charge is 2.16. The molecule has 8 heteroatoms. The molecule has 1 heterocycles. The number of carbonyl (C=O) groups is 2. The van der Waals surface area contributed by atoms with Gasteiger partial charge in [-0.05, 0) is 60.6 Å². The van der Waals surface area contributed by atoms with E-state index < -0.39 is 5.91 Å². The summed E-state index contributed by atoms with van der Waals surface area (Å²) in [6, 6.07) is 14.3. The van der Waals surface area contributed by atoms with Crippen molar-refractivity contribution in [2.24, 2.45) is 5.73 Å². The molecule has 6 nitrogen and oxygen atoms in total. The molecule has 0 bridgehead atoms. The molecule has 0 fully saturated rings. The highest BCUT2D eigenvalue weighted by Crippen LogP contribution is 2.35. The summed E-state index contributed by atoms with van der Waals surface area (Å²) in [6.07, 6.45) is 0. The number of amides is 2. The van der Waals surface area contributed by atoms with Gasteiger partial charge in [-0.25, -0.2) is 0 Å². The van der Waals surface area contributed by atoms with Crippen LogP contribution in [-0.4, -0.2) is 36.9 Å². The number of aromatic amines is 1. The smallest absolute Gasteiger partial charge is 0.251 e. The highest BCUT2D eigenvalue weighted by atomic mass is 35.5. The minimum absolute atomic E-state index is 0.165. The summed E-state index contributed by atoms with van der Waals surface area (Å²) in [6.45, 7) is 1.20. The molecule has 0 aliphatic rings. The molecular formula is C23H20Cl2N4O2. The van der Waals surface area contributed by atoms with E-state index in [0.717, 1.165) is 27.4 Å². The van der Waals surface area contributed by atoms with E-state index in [1.165, 1.54) is 0 Å². The van der Waals surface area contributed by atoms with Crippen molar-refractivity contribution in [2.75, 3.05) is 20.1 Å². The van der Waals surface area contributed by atoms with Crippen LogP contribution in [0.5, 0.6) is 0 Å². The fourth-order valence-electron chi connectivity index (χ4n) is 3.58. The van der Waals surface area contributed by atoms with Gasteiger partial charge in [-0.3, -0.25) is 9.59 Å². The topological polar surface area (TPSA) is 100 Å². The second-order valence-corrected chi connectivity index (χ2v) is 8.00. The molecule has 4 aromatic rings. The number of carbonyl (C=O) groups excluding carboxylic acids is 2. The van der Waals surface area contributed by atoms with Crippen LogP contribution in [0.15, 0.2) is 48.5 Å². The Balaban J connectivity index is 1.89. The first-order valence-electron chi connectivity index (χ1n) is 9.66. The number of fused-ring (bicyclic) bond motifs is 3. The lowest BCUT2D eigenvalue weighted by Gasteiger charge is -2.08.